The maximum atomic E-state index is 13.8. The molecule has 130 valence electrons. The van der Waals surface area contributed by atoms with E-state index in [-0.39, 0.29) is 17.5 Å². The summed E-state index contributed by atoms with van der Waals surface area (Å²) in [6, 6.07) is 5.24. The average molecular weight is 334 g/mol. The number of fused-ring (bicyclic) bond motifs is 1. The zero-order chi connectivity index (χ0) is 16.7. The van der Waals surface area contributed by atoms with Gasteiger partial charge in [0.05, 0.1) is 13.2 Å². The number of nitrogens with zero attached hydrogens (tertiary/aromatic N) is 2. The molecule has 0 saturated carbocycles. The molecule has 1 aromatic carbocycles. The molecule has 6 heteroatoms. The van der Waals surface area contributed by atoms with E-state index < -0.39 is 6.10 Å². The van der Waals surface area contributed by atoms with Crippen LogP contribution in [-0.2, 0) is 16.0 Å². The van der Waals surface area contributed by atoms with Crippen LogP contribution >= 0.6 is 0 Å². The Morgan fingerprint density at radius 2 is 2.04 bits per heavy atom. The molecular formula is C18H23FN2O3. The molecule has 0 bridgehead atoms. The van der Waals surface area contributed by atoms with Crippen LogP contribution in [-0.4, -0.2) is 67.2 Å². The number of morpholine rings is 1. The molecule has 0 spiro atoms. The van der Waals surface area contributed by atoms with Crippen LogP contribution in [0.5, 0.6) is 5.75 Å². The minimum Gasteiger partial charge on any atom is -0.477 e. The maximum Gasteiger partial charge on any atom is 0.264 e. The van der Waals surface area contributed by atoms with Gasteiger partial charge >= 0.3 is 0 Å². The highest BCUT2D eigenvalue weighted by molar-refractivity contribution is 5.83. The second kappa shape index (κ2) is 6.33. The lowest BCUT2D eigenvalue weighted by Gasteiger charge is -2.34. The molecule has 5 nitrogen and oxygen atoms in total. The Bertz CT molecular complexity index is 633. The lowest BCUT2D eigenvalue weighted by molar-refractivity contribution is -0.137. The van der Waals surface area contributed by atoms with Crippen molar-refractivity contribution in [1.82, 2.24) is 9.80 Å². The molecule has 0 N–H and O–H groups in total. The van der Waals surface area contributed by atoms with E-state index in [4.69, 9.17) is 9.47 Å². The third kappa shape index (κ3) is 2.78. The van der Waals surface area contributed by atoms with Crippen molar-refractivity contribution in [2.75, 3.05) is 39.4 Å². The van der Waals surface area contributed by atoms with E-state index in [2.05, 4.69) is 11.8 Å². The summed E-state index contributed by atoms with van der Waals surface area (Å²) in [6.45, 7) is 7.02. The molecule has 3 aliphatic heterocycles. The number of para-hydroxylation sites is 1. The van der Waals surface area contributed by atoms with E-state index in [1.54, 1.807) is 6.07 Å². The number of amides is 1. The summed E-state index contributed by atoms with van der Waals surface area (Å²) in [7, 11) is 0. The first kappa shape index (κ1) is 15.8. The maximum absolute atomic E-state index is 13.8. The first-order valence-corrected chi connectivity index (χ1v) is 8.68. The molecule has 3 heterocycles. The van der Waals surface area contributed by atoms with Gasteiger partial charge in [0.1, 0.15) is 0 Å². The molecule has 3 atom stereocenters. The second-order valence-corrected chi connectivity index (χ2v) is 6.97. The highest BCUT2D eigenvalue weighted by atomic mass is 19.1. The van der Waals surface area contributed by atoms with Crippen LogP contribution in [0.15, 0.2) is 18.2 Å². The van der Waals surface area contributed by atoms with Gasteiger partial charge in [-0.1, -0.05) is 19.1 Å². The highest BCUT2D eigenvalue weighted by Gasteiger charge is 2.41. The smallest absolute Gasteiger partial charge is 0.264 e. The third-order valence-electron chi connectivity index (χ3n) is 5.39. The molecule has 3 unspecified atom stereocenters. The number of ether oxygens (including phenoxy) is 2. The van der Waals surface area contributed by atoms with Crippen LogP contribution in [0.4, 0.5) is 4.39 Å². The van der Waals surface area contributed by atoms with Crippen molar-refractivity contribution in [3.63, 3.8) is 0 Å². The Balaban J connectivity index is 1.42. The van der Waals surface area contributed by atoms with Gasteiger partial charge in [-0.05, 0) is 12.0 Å². The Labute approximate surface area is 141 Å². The molecule has 2 fully saturated rings. The molecule has 24 heavy (non-hydrogen) atoms. The van der Waals surface area contributed by atoms with E-state index in [1.165, 1.54) is 6.07 Å². The number of carbonyl (C=O) groups is 1. The zero-order valence-corrected chi connectivity index (χ0v) is 13.9. The standard InChI is InChI=1S/C18H23FN2O3/c1-12-10-21(11-15(12)20-5-7-23-8-6-20)18(22)16-9-13-3-2-4-14(19)17(13)24-16/h2-4,12,15-16H,5-11H2,1H3. The van der Waals surface area contributed by atoms with Gasteiger partial charge in [0.25, 0.3) is 5.91 Å². The SMILES string of the molecule is CC1CN(C(=O)C2Cc3cccc(F)c3O2)CC1N1CCOCC1. The van der Waals surface area contributed by atoms with Gasteiger partial charge in [0.15, 0.2) is 17.7 Å². The van der Waals surface area contributed by atoms with Crippen LogP contribution in [0.25, 0.3) is 0 Å². The van der Waals surface area contributed by atoms with Gasteiger partial charge in [-0.2, -0.15) is 0 Å². The summed E-state index contributed by atoms with van der Waals surface area (Å²) in [5.41, 5.74) is 0.783. The first-order chi connectivity index (χ1) is 11.6. The predicted octanol–water partition coefficient (Wildman–Crippen LogP) is 1.31. The van der Waals surface area contributed by atoms with Gasteiger partial charge in [-0.3, -0.25) is 9.69 Å². The number of rotatable bonds is 2. The van der Waals surface area contributed by atoms with Crippen molar-refractivity contribution < 1.29 is 18.7 Å². The first-order valence-electron chi connectivity index (χ1n) is 8.68. The van der Waals surface area contributed by atoms with E-state index >= 15 is 0 Å². The molecule has 0 radical (unpaired) electrons. The number of hydrogen-bond acceptors (Lipinski definition) is 4. The van der Waals surface area contributed by atoms with E-state index in [0.717, 1.165) is 45.0 Å². The number of halogens is 1. The molecule has 1 amide bonds. The summed E-state index contributed by atoms with van der Waals surface area (Å²) in [5, 5.41) is 0. The zero-order valence-electron chi connectivity index (χ0n) is 13.9. The number of likely N-dealkylation sites (tertiary alicyclic amines) is 1. The van der Waals surface area contributed by atoms with Crippen LogP contribution in [0.1, 0.15) is 12.5 Å². The van der Waals surface area contributed by atoms with Crippen LogP contribution < -0.4 is 4.74 Å². The Morgan fingerprint density at radius 3 is 2.79 bits per heavy atom. The fraction of sp³-hybridized carbons (Fsp3) is 0.611. The van der Waals surface area contributed by atoms with Gasteiger partial charge in [0, 0.05) is 44.2 Å². The van der Waals surface area contributed by atoms with Crippen molar-refractivity contribution in [3.05, 3.63) is 29.6 Å². The summed E-state index contributed by atoms with van der Waals surface area (Å²) in [4.78, 5) is 17.1. The number of hydrogen-bond donors (Lipinski definition) is 0. The Kier molecular flexibility index (Phi) is 4.18. The predicted molar refractivity (Wildman–Crippen MR) is 86.4 cm³/mol. The molecule has 1 aromatic rings. The van der Waals surface area contributed by atoms with Gasteiger partial charge in [-0.15, -0.1) is 0 Å². The van der Waals surface area contributed by atoms with E-state index in [1.807, 2.05) is 11.0 Å². The summed E-state index contributed by atoms with van der Waals surface area (Å²) in [6.07, 6.45) is -0.133. The van der Waals surface area contributed by atoms with Gasteiger partial charge in [0.2, 0.25) is 0 Å². The third-order valence-corrected chi connectivity index (χ3v) is 5.39. The average Bonchev–Trinajstić information content (AvgIpc) is 3.20. The topological polar surface area (TPSA) is 42.0 Å². The van der Waals surface area contributed by atoms with Crippen LogP contribution in [0, 0.1) is 11.7 Å². The molecule has 4 rings (SSSR count). The lowest BCUT2D eigenvalue weighted by atomic mass is 10.0. The van der Waals surface area contributed by atoms with E-state index in [0.29, 0.717) is 18.4 Å². The molecule has 3 aliphatic rings. The van der Waals surface area contributed by atoms with Crippen molar-refractivity contribution in [2.24, 2.45) is 5.92 Å². The lowest BCUT2D eigenvalue weighted by Crippen LogP contribution is -2.47. The van der Waals surface area contributed by atoms with Crippen molar-refractivity contribution in [1.29, 1.82) is 0 Å². The number of benzene rings is 1. The largest absolute Gasteiger partial charge is 0.477 e. The van der Waals surface area contributed by atoms with Crippen molar-refractivity contribution >= 4 is 5.91 Å². The molecular weight excluding hydrogens is 311 g/mol. The van der Waals surface area contributed by atoms with Crippen molar-refractivity contribution in [2.45, 2.75) is 25.5 Å². The fourth-order valence-corrected chi connectivity index (χ4v) is 4.09. The van der Waals surface area contributed by atoms with Crippen LogP contribution in [0.3, 0.4) is 0 Å². The fourth-order valence-electron chi connectivity index (χ4n) is 4.09. The Morgan fingerprint density at radius 1 is 1.25 bits per heavy atom. The summed E-state index contributed by atoms with van der Waals surface area (Å²) >= 11 is 0. The van der Waals surface area contributed by atoms with Gasteiger partial charge < -0.3 is 14.4 Å². The molecule has 0 aliphatic carbocycles. The minimum atomic E-state index is -0.590. The normalized spacial score (nSPS) is 30.2. The highest BCUT2D eigenvalue weighted by Crippen LogP contribution is 2.33. The Hall–Kier alpha value is -1.66. The summed E-state index contributed by atoms with van der Waals surface area (Å²) in [5.74, 6) is 0.261. The van der Waals surface area contributed by atoms with Gasteiger partial charge in [-0.25, -0.2) is 4.39 Å². The monoisotopic (exact) mass is 334 g/mol. The molecule has 2 saturated heterocycles. The van der Waals surface area contributed by atoms with E-state index in [9.17, 15) is 9.18 Å². The van der Waals surface area contributed by atoms with Crippen LogP contribution in [0.2, 0.25) is 0 Å². The molecule has 0 aromatic heterocycles. The quantitative estimate of drug-likeness (QED) is 0.818. The number of carbonyl (C=O) groups excluding carboxylic acids is 1. The van der Waals surface area contributed by atoms with Crippen molar-refractivity contribution in [3.8, 4) is 5.75 Å². The second-order valence-electron chi connectivity index (χ2n) is 6.97. The summed E-state index contributed by atoms with van der Waals surface area (Å²) < 4.78 is 24.9. The minimum absolute atomic E-state index is 0.0202.